The van der Waals surface area contributed by atoms with Gasteiger partial charge in [0, 0.05) is 6.42 Å². The molecule has 0 aliphatic rings. The van der Waals surface area contributed by atoms with Crippen molar-refractivity contribution in [3.05, 3.63) is 0 Å². The quantitative estimate of drug-likeness (QED) is 0.663. The van der Waals surface area contributed by atoms with Gasteiger partial charge in [0.2, 0.25) is 0 Å². The van der Waals surface area contributed by atoms with E-state index in [2.05, 4.69) is 0 Å². The molecular formula is C6H12ClNO2S. The molecule has 0 saturated heterocycles. The van der Waals surface area contributed by atoms with E-state index < -0.39 is 16.2 Å². The number of carboxylic acids is 1. The maximum atomic E-state index is 10.3. The van der Waals surface area contributed by atoms with Crippen molar-refractivity contribution in [1.82, 2.24) is 0 Å². The molecule has 0 aliphatic carbocycles. The van der Waals surface area contributed by atoms with Crippen LogP contribution in [0.2, 0.25) is 0 Å². The van der Waals surface area contributed by atoms with Crippen LogP contribution in [-0.2, 0) is 4.79 Å². The summed E-state index contributed by atoms with van der Waals surface area (Å²) in [6.07, 6.45) is 2.09. The van der Waals surface area contributed by atoms with Crippen molar-refractivity contribution in [3.63, 3.8) is 0 Å². The normalized spacial score (nSPS) is 18.9. The highest BCUT2D eigenvalue weighted by atomic mass is 35.5. The molecule has 2 unspecified atom stereocenters. The first kappa shape index (κ1) is 11.1. The third-order valence-corrected chi connectivity index (χ3v) is 2.96. The first-order chi connectivity index (χ1) is 4.89. The molecule has 0 rings (SSSR count). The Labute approximate surface area is 75.3 Å². The second kappa shape index (κ2) is 4.18. The van der Waals surface area contributed by atoms with Gasteiger partial charge < -0.3 is 10.8 Å². The highest BCUT2D eigenvalue weighted by Gasteiger charge is 2.26. The summed E-state index contributed by atoms with van der Waals surface area (Å²) >= 11 is 7.27. The van der Waals surface area contributed by atoms with E-state index >= 15 is 0 Å². The van der Waals surface area contributed by atoms with Gasteiger partial charge >= 0.3 is 5.97 Å². The third-order valence-electron chi connectivity index (χ3n) is 1.33. The molecule has 11 heavy (non-hydrogen) atoms. The van der Waals surface area contributed by atoms with E-state index in [1.54, 1.807) is 6.92 Å². The Morgan fingerprint density at radius 1 is 1.91 bits per heavy atom. The highest BCUT2D eigenvalue weighted by molar-refractivity contribution is 8.01. The summed E-state index contributed by atoms with van der Waals surface area (Å²) in [4.78, 5) is 10.3. The number of halogens is 1. The monoisotopic (exact) mass is 197 g/mol. The fourth-order valence-electron chi connectivity index (χ4n) is 0.563. The molecule has 0 spiro atoms. The molecule has 0 amide bonds. The average molecular weight is 198 g/mol. The molecule has 0 aromatic heterocycles. The van der Waals surface area contributed by atoms with Gasteiger partial charge in [-0.15, -0.1) is 23.4 Å². The van der Waals surface area contributed by atoms with Crippen LogP contribution in [0.15, 0.2) is 0 Å². The number of hydrogen-bond acceptors (Lipinski definition) is 3. The number of aliphatic carboxylic acids is 1. The zero-order chi connectivity index (χ0) is 9.07. The van der Waals surface area contributed by atoms with Crippen LogP contribution < -0.4 is 5.73 Å². The molecule has 0 fully saturated rings. The molecule has 0 bridgehead atoms. The summed E-state index contributed by atoms with van der Waals surface area (Å²) in [6.45, 7) is 1.75. The molecule has 0 radical (unpaired) electrons. The van der Waals surface area contributed by atoms with Gasteiger partial charge in [-0.2, -0.15) is 0 Å². The number of hydrogen-bond donors (Lipinski definition) is 2. The molecule has 2 atom stereocenters. The van der Waals surface area contributed by atoms with E-state index in [-0.39, 0.29) is 6.42 Å². The standard InChI is InChI=1S/C6H12ClNO2S/c1-6(7,11-2)3-4(8)5(9)10/h4H,3,8H2,1-2H3,(H,9,10). The molecular weight excluding hydrogens is 186 g/mol. The number of carboxylic acid groups (broad SMARTS) is 1. The molecule has 0 aromatic carbocycles. The lowest BCUT2D eigenvalue weighted by atomic mass is 10.2. The smallest absolute Gasteiger partial charge is 0.320 e. The van der Waals surface area contributed by atoms with Gasteiger partial charge in [0.1, 0.15) is 6.04 Å². The summed E-state index contributed by atoms with van der Waals surface area (Å²) < 4.78 is -0.572. The van der Waals surface area contributed by atoms with Crippen molar-refractivity contribution in [1.29, 1.82) is 0 Å². The van der Waals surface area contributed by atoms with Gasteiger partial charge in [-0.3, -0.25) is 4.79 Å². The van der Waals surface area contributed by atoms with Crippen LogP contribution in [0, 0.1) is 0 Å². The topological polar surface area (TPSA) is 63.3 Å². The van der Waals surface area contributed by atoms with E-state index in [1.165, 1.54) is 11.8 Å². The van der Waals surface area contributed by atoms with Crippen LogP contribution in [-0.4, -0.2) is 27.6 Å². The Bertz CT molecular complexity index is 152. The van der Waals surface area contributed by atoms with Gasteiger partial charge in [0.25, 0.3) is 0 Å². The Morgan fingerprint density at radius 3 is 2.64 bits per heavy atom. The zero-order valence-electron chi connectivity index (χ0n) is 6.50. The third kappa shape index (κ3) is 4.50. The Kier molecular flexibility index (Phi) is 4.21. The maximum absolute atomic E-state index is 10.3. The first-order valence-electron chi connectivity index (χ1n) is 3.11. The van der Waals surface area contributed by atoms with Gasteiger partial charge in [-0.1, -0.05) is 0 Å². The molecule has 0 heterocycles. The fraction of sp³-hybridized carbons (Fsp3) is 0.833. The van der Waals surface area contributed by atoms with Crippen LogP contribution in [0.1, 0.15) is 13.3 Å². The molecule has 0 saturated carbocycles. The number of carbonyl (C=O) groups is 1. The predicted molar refractivity (Wildman–Crippen MR) is 48.0 cm³/mol. The van der Waals surface area contributed by atoms with Gasteiger partial charge in [-0.25, -0.2) is 0 Å². The Morgan fingerprint density at radius 2 is 2.36 bits per heavy atom. The zero-order valence-corrected chi connectivity index (χ0v) is 8.08. The molecule has 3 N–H and O–H groups in total. The van der Waals surface area contributed by atoms with Crippen LogP contribution in [0.5, 0.6) is 0 Å². The van der Waals surface area contributed by atoms with Crippen LogP contribution in [0.4, 0.5) is 0 Å². The second-order valence-corrected chi connectivity index (χ2v) is 4.82. The lowest BCUT2D eigenvalue weighted by Crippen LogP contribution is -2.35. The Hall–Kier alpha value is 0.0700. The summed E-state index contributed by atoms with van der Waals surface area (Å²) in [7, 11) is 0. The summed E-state index contributed by atoms with van der Waals surface area (Å²) in [5.74, 6) is -1.01. The second-order valence-electron chi connectivity index (χ2n) is 2.45. The van der Waals surface area contributed by atoms with Crippen molar-refractivity contribution in [2.75, 3.05) is 6.26 Å². The highest BCUT2D eigenvalue weighted by Crippen LogP contribution is 2.31. The lowest BCUT2D eigenvalue weighted by molar-refractivity contribution is -0.138. The number of thioether (sulfide) groups is 1. The molecule has 0 aliphatic heterocycles. The first-order valence-corrected chi connectivity index (χ1v) is 4.72. The van der Waals surface area contributed by atoms with Crippen molar-refractivity contribution in [2.24, 2.45) is 5.73 Å². The minimum Gasteiger partial charge on any atom is -0.480 e. The SMILES string of the molecule is CSC(C)(Cl)CC(N)C(=O)O. The number of alkyl halides is 1. The van der Waals surface area contributed by atoms with E-state index in [0.717, 1.165) is 0 Å². The maximum Gasteiger partial charge on any atom is 0.320 e. The summed E-state index contributed by atoms with van der Waals surface area (Å²) in [6, 6.07) is -0.870. The summed E-state index contributed by atoms with van der Waals surface area (Å²) in [5, 5.41) is 8.45. The van der Waals surface area contributed by atoms with Crippen LogP contribution in [0.3, 0.4) is 0 Å². The fourth-order valence-corrected chi connectivity index (χ4v) is 1.08. The minimum absolute atomic E-state index is 0.269. The molecule has 66 valence electrons. The molecule has 3 nitrogen and oxygen atoms in total. The lowest BCUT2D eigenvalue weighted by Gasteiger charge is -2.20. The van der Waals surface area contributed by atoms with Crippen LogP contribution in [0.25, 0.3) is 0 Å². The van der Waals surface area contributed by atoms with Crippen LogP contribution >= 0.6 is 23.4 Å². The van der Waals surface area contributed by atoms with Crippen molar-refractivity contribution < 1.29 is 9.90 Å². The summed E-state index contributed by atoms with van der Waals surface area (Å²) in [5.41, 5.74) is 5.28. The van der Waals surface area contributed by atoms with Gasteiger partial charge in [-0.05, 0) is 13.2 Å². The number of nitrogens with two attached hydrogens (primary N) is 1. The largest absolute Gasteiger partial charge is 0.480 e. The minimum atomic E-state index is -1.01. The van der Waals surface area contributed by atoms with E-state index in [4.69, 9.17) is 22.4 Å². The van der Waals surface area contributed by atoms with Crippen molar-refractivity contribution in [2.45, 2.75) is 23.6 Å². The van der Waals surface area contributed by atoms with E-state index in [1.807, 2.05) is 6.26 Å². The van der Waals surface area contributed by atoms with Gasteiger partial charge in [0.15, 0.2) is 0 Å². The average Bonchev–Trinajstić information content (AvgIpc) is 1.87. The number of rotatable bonds is 4. The molecule has 5 heteroatoms. The van der Waals surface area contributed by atoms with Gasteiger partial charge in [0.05, 0.1) is 4.21 Å². The van der Waals surface area contributed by atoms with Crippen molar-refractivity contribution in [3.8, 4) is 0 Å². The molecule has 0 aromatic rings. The Balaban J connectivity index is 3.93. The van der Waals surface area contributed by atoms with Crippen molar-refractivity contribution >= 4 is 29.3 Å². The van der Waals surface area contributed by atoms with E-state index in [9.17, 15) is 4.79 Å². The predicted octanol–water partition coefficient (Wildman–Crippen LogP) is 1.11. The van der Waals surface area contributed by atoms with E-state index in [0.29, 0.717) is 0 Å².